The molecule has 0 saturated carbocycles. The Labute approximate surface area is 180 Å². The van der Waals surface area contributed by atoms with E-state index in [9.17, 15) is 22.4 Å². The highest BCUT2D eigenvalue weighted by atomic mass is 32.2. The standard InChI is InChI=1S/C20H23FN4O5S/c1-22-31(28,29)23-16-6-4-5-15(19(16)21)12-25-11-14-8-7-13(10-18(26)24(2)3)9-17(14)30-20(25)27/h4-9,22-23H,10-12H2,1-3H3. The summed E-state index contributed by atoms with van der Waals surface area (Å²) in [6.07, 6.45) is -0.480. The minimum Gasteiger partial charge on any atom is -0.410 e. The fourth-order valence-corrected chi connectivity index (χ4v) is 3.55. The van der Waals surface area contributed by atoms with Gasteiger partial charge in [0.25, 0.3) is 10.2 Å². The number of fused-ring (bicyclic) bond motifs is 1. The number of nitrogens with zero attached hydrogens (tertiary/aromatic N) is 2. The van der Waals surface area contributed by atoms with Crippen LogP contribution in [-0.2, 0) is 34.5 Å². The highest BCUT2D eigenvalue weighted by molar-refractivity contribution is 7.90. The van der Waals surface area contributed by atoms with Crippen LogP contribution in [-0.4, -0.2) is 51.4 Å². The zero-order valence-corrected chi connectivity index (χ0v) is 18.1. The maximum atomic E-state index is 14.8. The molecule has 9 nitrogen and oxygen atoms in total. The molecular formula is C20H23FN4O5S. The lowest BCUT2D eigenvalue weighted by atomic mass is 10.1. The number of halogens is 1. The number of hydrogen-bond acceptors (Lipinski definition) is 5. The van der Waals surface area contributed by atoms with Crippen LogP contribution in [0.1, 0.15) is 16.7 Å². The Balaban J connectivity index is 1.77. The molecule has 166 valence electrons. The summed E-state index contributed by atoms with van der Waals surface area (Å²) in [4.78, 5) is 27.1. The molecule has 1 heterocycles. The molecule has 31 heavy (non-hydrogen) atoms. The molecule has 0 atom stereocenters. The van der Waals surface area contributed by atoms with Crippen molar-refractivity contribution < 1.29 is 27.1 Å². The van der Waals surface area contributed by atoms with Gasteiger partial charge in [-0.25, -0.2) is 13.9 Å². The quantitative estimate of drug-likeness (QED) is 0.669. The van der Waals surface area contributed by atoms with Crippen LogP contribution in [0.25, 0.3) is 0 Å². The van der Waals surface area contributed by atoms with Crippen molar-refractivity contribution in [2.45, 2.75) is 19.5 Å². The molecule has 0 bridgehead atoms. The second kappa shape index (κ2) is 8.90. The van der Waals surface area contributed by atoms with Crippen molar-refractivity contribution in [3.63, 3.8) is 0 Å². The number of amides is 2. The van der Waals surface area contributed by atoms with Crippen molar-refractivity contribution in [2.24, 2.45) is 0 Å². The average molecular weight is 450 g/mol. The molecular weight excluding hydrogens is 427 g/mol. The molecule has 2 aromatic carbocycles. The number of anilines is 1. The van der Waals surface area contributed by atoms with Crippen molar-refractivity contribution in [3.05, 3.63) is 58.9 Å². The third kappa shape index (κ3) is 5.30. The van der Waals surface area contributed by atoms with Crippen LogP contribution in [0.4, 0.5) is 14.9 Å². The van der Waals surface area contributed by atoms with Crippen molar-refractivity contribution >= 4 is 27.9 Å². The van der Waals surface area contributed by atoms with Gasteiger partial charge in [-0.2, -0.15) is 8.42 Å². The molecule has 3 rings (SSSR count). The molecule has 1 aliphatic heterocycles. The number of hydrogen-bond donors (Lipinski definition) is 2. The predicted octanol–water partition coefficient (Wildman–Crippen LogP) is 1.85. The number of carbonyl (C=O) groups is 2. The first-order valence-corrected chi connectivity index (χ1v) is 10.9. The van der Waals surface area contributed by atoms with Crippen molar-refractivity contribution in [2.75, 3.05) is 25.9 Å². The normalized spacial score (nSPS) is 13.4. The van der Waals surface area contributed by atoms with Gasteiger partial charge in [-0.05, 0) is 17.7 Å². The molecule has 0 aliphatic carbocycles. The van der Waals surface area contributed by atoms with E-state index >= 15 is 0 Å². The summed E-state index contributed by atoms with van der Waals surface area (Å²) in [5.74, 6) is -0.494. The summed E-state index contributed by atoms with van der Waals surface area (Å²) in [6.45, 7) is 0.0715. The van der Waals surface area contributed by atoms with Crippen molar-refractivity contribution in [3.8, 4) is 5.75 Å². The summed E-state index contributed by atoms with van der Waals surface area (Å²) in [6, 6.07) is 9.44. The molecule has 2 aromatic rings. The molecule has 0 radical (unpaired) electrons. The monoisotopic (exact) mass is 450 g/mol. The summed E-state index contributed by atoms with van der Waals surface area (Å²) in [5.41, 5.74) is 1.33. The zero-order valence-electron chi connectivity index (χ0n) is 17.3. The van der Waals surface area contributed by atoms with E-state index in [1.165, 1.54) is 35.0 Å². The molecule has 0 aromatic heterocycles. The van der Waals surface area contributed by atoms with Gasteiger partial charge in [0.05, 0.1) is 25.2 Å². The van der Waals surface area contributed by atoms with Gasteiger partial charge in [0, 0.05) is 32.3 Å². The predicted molar refractivity (Wildman–Crippen MR) is 112 cm³/mol. The van der Waals surface area contributed by atoms with Crippen molar-refractivity contribution in [1.82, 2.24) is 14.5 Å². The fraction of sp³-hybridized carbons (Fsp3) is 0.300. The van der Waals surface area contributed by atoms with Gasteiger partial charge in [-0.1, -0.05) is 24.3 Å². The van der Waals surface area contributed by atoms with E-state index in [0.29, 0.717) is 16.9 Å². The van der Waals surface area contributed by atoms with E-state index in [0.717, 1.165) is 0 Å². The van der Waals surface area contributed by atoms with Crippen LogP contribution >= 0.6 is 0 Å². The van der Waals surface area contributed by atoms with Crippen LogP contribution in [0.5, 0.6) is 5.75 Å². The Kier molecular flexibility index (Phi) is 6.46. The van der Waals surface area contributed by atoms with E-state index in [1.54, 1.807) is 32.3 Å². The summed E-state index contributed by atoms with van der Waals surface area (Å²) in [7, 11) is 0.642. The largest absolute Gasteiger partial charge is 0.415 e. The Bertz CT molecular complexity index is 1120. The second-order valence-electron chi connectivity index (χ2n) is 7.22. The van der Waals surface area contributed by atoms with E-state index in [2.05, 4.69) is 4.72 Å². The Morgan fingerprint density at radius 2 is 2.00 bits per heavy atom. The Hall–Kier alpha value is -3.18. The van der Waals surface area contributed by atoms with Gasteiger partial charge in [-0.15, -0.1) is 0 Å². The van der Waals surface area contributed by atoms with Gasteiger partial charge in [0.2, 0.25) is 5.91 Å². The van der Waals surface area contributed by atoms with Crippen LogP contribution in [0.15, 0.2) is 36.4 Å². The lowest BCUT2D eigenvalue weighted by molar-refractivity contribution is -0.127. The zero-order chi connectivity index (χ0) is 22.8. The van der Waals surface area contributed by atoms with E-state index in [-0.39, 0.29) is 36.7 Å². The number of likely N-dealkylation sites (N-methyl/N-ethyl adjacent to an activating group) is 1. The van der Waals surface area contributed by atoms with Crippen LogP contribution in [0, 0.1) is 5.82 Å². The first kappa shape index (κ1) is 22.5. The highest BCUT2D eigenvalue weighted by Crippen LogP contribution is 2.29. The second-order valence-corrected chi connectivity index (χ2v) is 8.84. The molecule has 0 unspecified atom stereocenters. The molecule has 2 amide bonds. The van der Waals surface area contributed by atoms with Crippen molar-refractivity contribution in [1.29, 1.82) is 0 Å². The van der Waals surface area contributed by atoms with Gasteiger partial charge in [-0.3, -0.25) is 14.4 Å². The fourth-order valence-electron chi connectivity index (χ4n) is 3.00. The summed E-state index contributed by atoms with van der Waals surface area (Å²) in [5, 5.41) is 0. The van der Waals surface area contributed by atoms with Crippen LogP contribution in [0.2, 0.25) is 0 Å². The average Bonchev–Trinajstić information content (AvgIpc) is 2.71. The van der Waals surface area contributed by atoms with Crippen LogP contribution < -0.4 is 14.2 Å². The summed E-state index contributed by atoms with van der Waals surface area (Å²) < 4.78 is 47.6. The molecule has 11 heteroatoms. The van der Waals surface area contributed by atoms with E-state index in [1.807, 2.05) is 4.72 Å². The minimum atomic E-state index is -3.89. The lowest BCUT2D eigenvalue weighted by Crippen LogP contribution is -2.36. The van der Waals surface area contributed by atoms with Gasteiger partial charge >= 0.3 is 6.09 Å². The Morgan fingerprint density at radius 1 is 1.26 bits per heavy atom. The third-order valence-electron chi connectivity index (χ3n) is 4.76. The molecule has 0 spiro atoms. The maximum absolute atomic E-state index is 14.8. The summed E-state index contributed by atoms with van der Waals surface area (Å²) >= 11 is 0. The number of rotatable bonds is 7. The molecule has 0 saturated heterocycles. The number of ether oxygens (including phenoxy) is 1. The van der Waals surface area contributed by atoms with Gasteiger partial charge in [0.1, 0.15) is 5.75 Å². The van der Waals surface area contributed by atoms with Gasteiger partial charge in [0.15, 0.2) is 5.82 Å². The third-order valence-corrected chi connectivity index (χ3v) is 5.78. The number of carbonyl (C=O) groups excluding carboxylic acids is 2. The molecule has 1 aliphatic rings. The highest BCUT2D eigenvalue weighted by Gasteiger charge is 2.27. The smallest absolute Gasteiger partial charge is 0.410 e. The first-order chi connectivity index (χ1) is 14.6. The lowest BCUT2D eigenvalue weighted by Gasteiger charge is -2.28. The maximum Gasteiger partial charge on any atom is 0.415 e. The molecule has 0 fully saturated rings. The van der Waals surface area contributed by atoms with Gasteiger partial charge < -0.3 is 9.64 Å². The number of benzene rings is 2. The van der Waals surface area contributed by atoms with Crippen LogP contribution in [0.3, 0.4) is 0 Å². The molecule has 2 N–H and O–H groups in total. The Morgan fingerprint density at radius 3 is 2.68 bits per heavy atom. The first-order valence-electron chi connectivity index (χ1n) is 9.37. The minimum absolute atomic E-state index is 0.0760. The number of nitrogens with one attached hydrogen (secondary N) is 2. The SMILES string of the molecule is CNS(=O)(=O)Nc1cccc(CN2Cc3ccc(CC(=O)N(C)C)cc3OC2=O)c1F. The van der Waals surface area contributed by atoms with E-state index in [4.69, 9.17) is 4.74 Å². The van der Waals surface area contributed by atoms with E-state index < -0.39 is 22.1 Å². The topological polar surface area (TPSA) is 108 Å².